The van der Waals surface area contributed by atoms with Gasteiger partial charge in [-0.05, 0) is 37.3 Å². The Labute approximate surface area is 91.7 Å². The van der Waals surface area contributed by atoms with Crippen molar-refractivity contribution in [1.82, 2.24) is 4.98 Å². The highest BCUT2D eigenvalue weighted by Crippen LogP contribution is 2.46. The topological polar surface area (TPSA) is 22.1 Å². The van der Waals surface area contributed by atoms with Gasteiger partial charge in [-0.3, -0.25) is 4.98 Å². The van der Waals surface area contributed by atoms with E-state index >= 15 is 0 Å². The van der Waals surface area contributed by atoms with Gasteiger partial charge in [-0.2, -0.15) is 0 Å². The predicted molar refractivity (Wildman–Crippen MR) is 60.6 cm³/mol. The van der Waals surface area contributed by atoms with Gasteiger partial charge in [0.25, 0.3) is 0 Å². The minimum Gasteiger partial charge on any atom is -0.372 e. The van der Waals surface area contributed by atoms with E-state index in [1.54, 1.807) is 0 Å². The first kappa shape index (κ1) is 10.6. The lowest BCUT2D eigenvalue weighted by atomic mass is 9.70. The number of methoxy groups -OCH3 is 1. The molecule has 0 bridgehead atoms. The largest absolute Gasteiger partial charge is 0.372 e. The van der Waals surface area contributed by atoms with Crippen molar-refractivity contribution in [2.24, 2.45) is 5.92 Å². The van der Waals surface area contributed by atoms with Crippen LogP contribution < -0.4 is 0 Å². The molecule has 0 aromatic carbocycles. The van der Waals surface area contributed by atoms with Crippen molar-refractivity contribution in [1.29, 1.82) is 0 Å². The summed E-state index contributed by atoms with van der Waals surface area (Å²) in [6.07, 6.45) is 6.75. The van der Waals surface area contributed by atoms with Crippen LogP contribution in [0.1, 0.15) is 38.3 Å². The molecule has 0 amide bonds. The standard InChI is InChI=1S/C13H19NO/c1-3-13(15-2,11-7-6-8-11)12-9-4-5-10-14-12/h4-5,9-11H,3,6-8H2,1-2H3. The molecule has 1 unspecified atom stereocenters. The van der Waals surface area contributed by atoms with Crippen molar-refractivity contribution in [3.63, 3.8) is 0 Å². The third-order valence-electron chi connectivity index (χ3n) is 3.75. The highest BCUT2D eigenvalue weighted by molar-refractivity contribution is 5.16. The first-order valence-electron chi connectivity index (χ1n) is 5.80. The molecule has 1 saturated carbocycles. The van der Waals surface area contributed by atoms with Crippen molar-refractivity contribution in [3.05, 3.63) is 30.1 Å². The molecule has 1 aliphatic carbocycles. The van der Waals surface area contributed by atoms with Crippen molar-refractivity contribution in [2.75, 3.05) is 7.11 Å². The van der Waals surface area contributed by atoms with Crippen LogP contribution in [-0.2, 0) is 10.3 Å². The number of hydrogen-bond acceptors (Lipinski definition) is 2. The molecule has 1 heterocycles. The zero-order valence-corrected chi connectivity index (χ0v) is 9.57. The fraction of sp³-hybridized carbons (Fsp3) is 0.615. The van der Waals surface area contributed by atoms with Gasteiger partial charge in [-0.15, -0.1) is 0 Å². The summed E-state index contributed by atoms with van der Waals surface area (Å²) in [6, 6.07) is 6.09. The van der Waals surface area contributed by atoms with Crippen LogP contribution in [0.15, 0.2) is 24.4 Å². The van der Waals surface area contributed by atoms with Gasteiger partial charge in [0.15, 0.2) is 0 Å². The van der Waals surface area contributed by atoms with Crippen LogP contribution in [0.2, 0.25) is 0 Å². The summed E-state index contributed by atoms with van der Waals surface area (Å²) in [5.41, 5.74) is 0.958. The van der Waals surface area contributed by atoms with E-state index in [0.717, 1.165) is 12.1 Å². The van der Waals surface area contributed by atoms with Gasteiger partial charge in [0.2, 0.25) is 0 Å². The zero-order valence-electron chi connectivity index (χ0n) is 9.57. The molecule has 2 heteroatoms. The summed E-state index contributed by atoms with van der Waals surface area (Å²) >= 11 is 0. The number of rotatable bonds is 4. The number of aromatic nitrogens is 1. The molecule has 1 atom stereocenters. The molecule has 1 aromatic heterocycles. The summed E-state index contributed by atoms with van der Waals surface area (Å²) in [4.78, 5) is 4.47. The Morgan fingerprint density at radius 3 is 2.67 bits per heavy atom. The van der Waals surface area contributed by atoms with Crippen LogP contribution in [0.4, 0.5) is 0 Å². The van der Waals surface area contributed by atoms with E-state index < -0.39 is 0 Å². The van der Waals surface area contributed by atoms with Crippen LogP contribution in [0.3, 0.4) is 0 Å². The maximum Gasteiger partial charge on any atom is 0.112 e. The molecule has 0 saturated heterocycles. The van der Waals surface area contributed by atoms with E-state index in [4.69, 9.17) is 4.74 Å². The molecule has 2 nitrogen and oxygen atoms in total. The van der Waals surface area contributed by atoms with Crippen molar-refractivity contribution >= 4 is 0 Å². The fourth-order valence-electron chi connectivity index (χ4n) is 2.58. The minimum atomic E-state index is -0.139. The van der Waals surface area contributed by atoms with Crippen LogP contribution in [0.25, 0.3) is 0 Å². The van der Waals surface area contributed by atoms with E-state index in [0.29, 0.717) is 5.92 Å². The van der Waals surface area contributed by atoms with Gasteiger partial charge in [-0.1, -0.05) is 19.4 Å². The van der Waals surface area contributed by atoms with E-state index in [-0.39, 0.29) is 5.60 Å². The Balaban J connectivity index is 2.32. The first-order chi connectivity index (χ1) is 7.33. The maximum atomic E-state index is 5.81. The fourth-order valence-corrected chi connectivity index (χ4v) is 2.58. The van der Waals surface area contributed by atoms with Gasteiger partial charge < -0.3 is 4.74 Å². The van der Waals surface area contributed by atoms with E-state index in [9.17, 15) is 0 Å². The van der Waals surface area contributed by atoms with Crippen LogP contribution in [0.5, 0.6) is 0 Å². The second kappa shape index (κ2) is 4.31. The highest BCUT2D eigenvalue weighted by Gasteiger charge is 2.43. The molecule has 2 rings (SSSR count). The quantitative estimate of drug-likeness (QED) is 0.753. The molecule has 0 N–H and O–H groups in total. The van der Waals surface area contributed by atoms with Gasteiger partial charge in [0, 0.05) is 13.3 Å². The maximum absolute atomic E-state index is 5.81. The van der Waals surface area contributed by atoms with Crippen LogP contribution >= 0.6 is 0 Å². The Hall–Kier alpha value is -0.890. The molecule has 1 fully saturated rings. The highest BCUT2D eigenvalue weighted by atomic mass is 16.5. The van der Waals surface area contributed by atoms with E-state index in [2.05, 4.69) is 18.0 Å². The molecule has 0 spiro atoms. The van der Waals surface area contributed by atoms with Gasteiger partial charge >= 0.3 is 0 Å². The van der Waals surface area contributed by atoms with Gasteiger partial charge in [-0.25, -0.2) is 0 Å². The minimum absolute atomic E-state index is 0.139. The Kier molecular flexibility index (Phi) is 3.06. The van der Waals surface area contributed by atoms with Crippen molar-refractivity contribution in [3.8, 4) is 0 Å². The lowest BCUT2D eigenvalue weighted by Crippen LogP contribution is -2.41. The van der Waals surface area contributed by atoms with Crippen molar-refractivity contribution < 1.29 is 4.74 Å². The molecule has 0 aliphatic heterocycles. The second-order valence-electron chi connectivity index (χ2n) is 4.29. The molecule has 1 aromatic rings. The molecule has 0 radical (unpaired) electrons. The number of hydrogen-bond donors (Lipinski definition) is 0. The molecule has 82 valence electrons. The summed E-state index contributed by atoms with van der Waals surface area (Å²) in [6.45, 7) is 2.19. The zero-order chi connectivity index (χ0) is 10.7. The first-order valence-corrected chi connectivity index (χ1v) is 5.80. The molecular weight excluding hydrogens is 186 g/mol. The summed E-state index contributed by atoms with van der Waals surface area (Å²) < 4.78 is 5.81. The van der Waals surface area contributed by atoms with E-state index in [1.165, 1.54) is 19.3 Å². The Morgan fingerprint density at radius 1 is 1.47 bits per heavy atom. The lowest BCUT2D eigenvalue weighted by Gasteiger charge is -2.43. The van der Waals surface area contributed by atoms with E-state index in [1.807, 2.05) is 25.4 Å². The summed E-state index contributed by atoms with van der Waals surface area (Å²) in [5, 5.41) is 0. The van der Waals surface area contributed by atoms with Gasteiger partial charge in [0.1, 0.15) is 5.60 Å². The van der Waals surface area contributed by atoms with Crippen LogP contribution in [-0.4, -0.2) is 12.1 Å². The number of ether oxygens (including phenoxy) is 1. The summed E-state index contributed by atoms with van der Waals surface area (Å²) in [7, 11) is 1.82. The normalized spacial score (nSPS) is 20.7. The number of nitrogens with zero attached hydrogens (tertiary/aromatic N) is 1. The number of pyridine rings is 1. The van der Waals surface area contributed by atoms with Crippen molar-refractivity contribution in [2.45, 2.75) is 38.2 Å². The smallest absolute Gasteiger partial charge is 0.112 e. The molecular formula is C13H19NO. The third-order valence-corrected chi connectivity index (χ3v) is 3.75. The van der Waals surface area contributed by atoms with Crippen LogP contribution in [0, 0.1) is 5.92 Å². The average molecular weight is 205 g/mol. The molecule has 15 heavy (non-hydrogen) atoms. The summed E-state index contributed by atoms with van der Waals surface area (Å²) in [5.74, 6) is 0.655. The Bertz CT molecular complexity index is 302. The SMILES string of the molecule is CCC(OC)(c1ccccn1)C1CCC1. The van der Waals surface area contributed by atoms with Gasteiger partial charge in [0.05, 0.1) is 5.69 Å². The second-order valence-corrected chi connectivity index (χ2v) is 4.29. The average Bonchev–Trinajstić information content (AvgIpc) is 2.24. The lowest BCUT2D eigenvalue weighted by molar-refractivity contribution is -0.0963. The third kappa shape index (κ3) is 1.67. The monoisotopic (exact) mass is 205 g/mol. The Morgan fingerprint density at radius 2 is 2.27 bits per heavy atom. The predicted octanol–water partition coefficient (Wildman–Crippen LogP) is 3.13. The molecule has 1 aliphatic rings.